The Kier molecular flexibility index (Phi) is 2.99. The Labute approximate surface area is 105 Å². The van der Waals surface area contributed by atoms with Crippen LogP contribution >= 0.6 is 11.5 Å². The van der Waals surface area contributed by atoms with E-state index in [1.807, 2.05) is 0 Å². The third kappa shape index (κ3) is 2.36. The van der Waals surface area contributed by atoms with Crippen molar-refractivity contribution in [3.05, 3.63) is 5.56 Å². The number of piperidine rings is 1. The van der Waals surface area contributed by atoms with Gasteiger partial charge in [0.25, 0.3) is 5.91 Å². The molecule has 1 aliphatic heterocycles. The number of nitrogens with zero attached hydrogens (tertiary/aromatic N) is 2. The molecule has 0 saturated carbocycles. The SMILES string of the molecule is CC1(C)CCCN(c2snc(N)c2C(N)=O)C1. The van der Waals surface area contributed by atoms with Gasteiger partial charge in [-0.2, -0.15) is 4.37 Å². The smallest absolute Gasteiger partial charge is 0.255 e. The molecule has 0 aliphatic carbocycles. The van der Waals surface area contributed by atoms with Gasteiger partial charge in [0.2, 0.25) is 0 Å². The number of carbonyl (C=O) groups excluding carboxylic acids is 1. The zero-order chi connectivity index (χ0) is 12.6. The zero-order valence-electron chi connectivity index (χ0n) is 10.2. The molecule has 2 heterocycles. The Morgan fingerprint density at radius 3 is 2.82 bits per heavy atom. The van der Waals surface area contributed by atoms with Crippen LogP contribution in [0.15, 0.2) is 0 Å². The van der Waals surface area contributed by atoms with Gasteiger partial charge in [-0.3, -0.25) is 4.79 Å². The maximum atomic E-state index is 11.4. The van der Waals surface area contributed by atoms with E-state index in [1.165, 1.54) is 18.0 Å². The van der Waals surface area contributed by atoms with Gasteiger partial charge in [0.15, 0.2) is 5.82 Å². The second-order valence-electron chi connectivity index (χ2n) is 5.30. The minimum Gasteiger partial charge on any atom is -0.382 e. The molecule has 0 spiro atoms. The topological polar surface area (TPSA) is 85.2 Å². The molecule has 0 radical (unpaired) electrons. The van der Waals surface area contributed by atoms with E-state index in [-0.39, 0.29) is 11.2 Å². The van der Waals surface area contributed by atoms with Gasteiger partial charge in [-0.1, -0.05) is 13.8 Å². The zero-order valence-corrected chi connectivity index (χ0v) is 11.0. The molecule has 0 unspecified atom stereocenters. The second-order valence-corrected chi connectivity index (χ2v) is 6.05. The number of rotatable bonds is 2. The third-order valence-electron chi connectivity index (χ3n) is 3.13. The van der Waals surface area contributed by atoms with Crippen LogP contribution in [0.4, 0.5) is 10.8 Å². The number of hydrogen-bond donors (Lipinski definition) is 2. The first-order valence-electron chi connectivity index (χ1n) is 5.70. The van der Waals surface area contributed by atoms with Crippen molar-refractivity contribution < 1.29 is 4.79 Å². The summed E-state index contributed by atoms with van der Waals surface area (Å²) >= 11 is 1.26. The van der Waals surface area contributed by atoms with Gasteiger partial charge in [-0.05, 0) is 29.8 Å². The summed E-state index contributed by atoms with van der Waals surface area (Å²) < 4.78 is 4.04. The van der Waals surface area contributed by atoms with Crippen molar-refractivity contribution in [3.63, 3.8) is 0 Å². The summed E-state index contributed by atoms with van der Waals surface area (Å²) in [6, 6.07) is 0. The third-order valence-corrected chi connectivity index (χ3v) is 4.06. The predicted octanol–water partition coefficient (Wildman–Crippen LogP) is 1.45. The molecule has 1 fully saturated rings. The Hall–Kier alpha value is -1.30. The number of aromatic nitrogens is 1. The highest BCUT2D eigenvalue weighted by atomic mass is 32.1. The van der Waals surface area contributed by atoms with Crippen molar-refractivity contribution in [3.8, 4) is 0 Å². The molecule has 4 N–H and O–H groups in total. The van der Waals surface area contributed by atoms with Crippen LogP contribution in [0.1, 0.15) is 37.0 Å². The van der Waals surface area contributed by atoms with E-state index in [0.29, 0.717) is 5.56 Å². The van der Waals surface area contributed by atoms with E-state index >= 15 is 0 Å². The summed E-state index contributed by atoms with van der Waals surface area (Å²) in [5, 5.41) is 0.822. The van der Waals surface area contributed by atoms with Gasteiger partial charge in [-0.25, -0.2) is 0 Å². The summed E-state index contributed by atoms with van der Waals surface area (Å²) in [5.41, 5.74) is 11.7. The van der Waals surface area contributed by atoms with Gasteiger partial charge in [0.05, 0.1) is 0 Å². The van der Waals surface area contributed by atoms with E-state index in [0.717, 1.165) is 24.5 Å². The Balaban J connectivity index is 2.31. The number of nitrogen functional groups attached to an aromatic ring is 1. The number of anilines is 2. The Bertz CT molecular complexity index is 441. The molecule has 94 valence electrons. The van der Waals surface area contributed by atoms with Crippen molar-refractivity contribution in [2.45, 2.75) is 26.7 Å². The molecule has 1 amide bonds. The van der Waals surface area contributed by atoms with E-state index in [4.69, 9.17) is 11.5 Å². The quantitative estimate of drug-likeness (QED) is 0.836. The Morgan fingerprint density at radius 1 is 1.53 bits per heavy atom. The number of nitrogens with two attached hydrogens (primary N) is 2. The number of primary amides is 1. The summed E-state index contributed by atoms with van der Waals surface area (Å²) in [6.07, 6.45) is 2.31. The van der Waals surface area contributed by atoms with Crippen molar-refractivity contribution in [2.75, 3.05) is 23.7 Å². The second kappa shape index (κ2) is 4.18. The van der Waals surface area contributed by atoms with Crippen LogP contribution in [0.5, 0.6) is 0 Å². The van der Waals surface area contributed by atoms with Crippen LogP contribution in [-0.4, -0.2) is 23.4 Å². The first-order chi connectivity index (χ1) is 7.91. The summed E-state index contributed by atoms with van der Waals surface area (Å²) in [5.74, 6) is -0.240. The molecule has 1 saturated heterocycles. The minimum atomic E-state index is -0.491. The van der Waals surface area contributed by atoms with Crippen molar-refractivity contribution >= 4 is 28.3 Å². The average molecular weight is 254 g/mol. The number of hydrogen-bond acceptors (Lipinski definition) is 5. The lowest BCUT2D eigenvalue weighted by Gasteiger charge is -2.38. The van der Waals surface area contributed by atoms with Crippen LogP contribution in [-0.2, 0) is 0 Å². The van der Waals surface area contributed by atoms with Crippen molar-refractivity contribution in [1.82, 2.24) is 4.37 Å². The molecule has 17 heavy (non-hydrogen) atoms. The highest BCUT2D eigenvalue weighted by molar-refractivity contribution is 7.11. The lowest BCUT2D eigenvalue weighted by molar-refractivity contribution is 0.100. The maximum Gasteiger partial charge on any atom is 0.255 e. The largest absolute Gasteiger partial charge is 0.382 e. The van der Waals surface area contributed by atoms with Gasteiger partial charge >= 0.3 is 0 Å². The molecule has 5 nitrogen and oxygen atoms in total. The lowest BCUT2D eigenvalue weighted by atomic mass is 9.84. The molecule has 6 heteroatoms. The number of carbonyl (C=O) groups is 1. The molecule has 1 aromatic heterocycles. The maximum absolute atomic E-state index is 11.4. The normalized spacial score (nSPS) is 19.3. The van der Waals surface area contributed by atoms with Gasteiger partial charge in [-0.15, -0.1) is 0 Å². The Morgan fingerprint density at radius 2 is 2.24 bits per heavy atom. The fourth-order valence-corrected chi connectivity index (χ4v) is 3.18. The molecule has 1 aromatic rings. The molecule has 0 bridgehead atoms. The lowest BCUT2D eigenvalue weighted by Crippen LogP contribution is -2.40. The standard InChI is InChI=1S/C11H18N4OS/c1-11(2)4-3-5-15(6-11)10-7(9(13)16)8(12)14-17-10/h3-6H2,1-2H3,(H2,12,14)(H2,13,16). The fourth-order valence-electron chi connectivity index (χ4n) is 2.34. The van der Waals surface area contributed by atoms with Crippen molar-refractivity contribution in [2.24, 2.45) is 11.1 Å². The van der Waals surface area contributed by atoms with E-state index in [1.54, 1.807) is 0 Å². The molecule has 0 atom stereocenters. The molecule has 2 rings (SSSR count). The van der Waals surface area contributed by atoms with E-state index < -0.39 is 5.91 Å². The summed E-state index contributed by atoms with van der Waals surface area (Å²) in [4.78, 5) is 13.6. The van der Waals surface area contributed by atoms with E-state index in [9.17, 15) is 4.79 Å². The predicted molar refractivity (Wildman–Crippen MR) is 70.3 cm³/mol. The van der Waals surface area contributed by atoms with E-state index in [2.05, 4.69) is 23.1 Å². The molecular formula is C11H18N4OS. The van der Waals surface area contributed by atoms with Crippen LogP contribution in [0.3, 0.4) is 0 Å². The summed E-state index contributed by atoms with van der Waals surface area (Å²) in [7, 11) is 0. The van der Waals surface area contributed by atoms with Crippen LogP contribution in [0.25, 0.3) is 0 Å². The van der Waals surface area contributed by atoms with Gasteiger partial charge < -0.3 is 16.4 Å². The first kappa shape index (κ1) is 12.2. The fraction of sp³-hybridized carbons (Fsp3) is 0.636. The highest BCUT2D eigenvalue weighted by Crippen LogP contribution is 2.36. The minimum absolute atomic E-state index is 0.251. The van der Waals surface area contributed by atoms with Crippen LogP contribution in [0, 0.1) is 5.41 Å². The monoisotopic (exact) mass is 254 g/mol. The van der Waals surface area contributed by atoms with Crippen LogP contribution in [0.2, 0.25) is 0 Å². The number of amides is 1. The molecular weight excluding hydrogens is 236 g/mol. The highest BCUT2D eigenvalue weighted by Gasteiger charge is 2.30. The van der Waals surface area contributed by atoms with Gasteiger partial charge in [0.1, 0.15) is 10.6 Å². The summed E-state index contributed by atoms with van der Waals surface area (Å²) in [6.45, 7) is 6.31. The molecule has 1 aliphatic rings. The first-order valence-corrected chi connectivity index (χ1v) is 6.48. The average Bonchev–Trinajstić information content (AvgIpc) is 2.58. The molecule has 0 aromatic carbocycles. The van der Waals surface area contributed by atoms with Gasteiger partial charge in [0, 0.05) is 13.1 Å². The van der Waals surface area contributed by atoms with Crippen LogP contribution < -0.4 is 16.4 Å². The van der Waals surface area contributed by atoms with Crippen molar-refractivity contribution in [1.29, 1.82) is 0 Å².